The van der Waals surface area contributed by atoms with Gasteiger partial charge in [0.1, 0.15) is 5.75 Å². The highest BCUT2D eigenvalue weighted by atomic mass is 19.3. The van der Waals surface area contributed by atoms with Crippen LogP contribution in [0.25, 0.3) is 0 Å². The van der Waals surface area contributed by atoms with E-state index in [2.05, 4.69) is 4.74 Å². The number of hydrogen-bond acceptors (Lipinski definition) is 3. The molecule has 114 valence electrons. The zero-order valence-electron chi connectivity index (χ0n) is 11.3. The van der Waals surface area contributed by atoms with Crippen molar-refractivity contribution in [3.8, 4) is 5.75 Å². The van der Waals surface area contributed by atoms with Gasteiger partial charge in [0.05, 0.1) is 11.5 Å². The molecule has 0 spiro atoms. The maximum atomic E-state index is 12.4. The molecular weight excluding hydrogens is 284 g/mol. The standard InChI is InChI=1S/C14H15F2NO4/c1-8-9(13(19)20)6-7-17(8)12(18)10-4-2-3-5-11(10)21-14(15)16/h2-5,8-9,14H,6-7H2,1H3,(H,19,20). The number of hydrogen-bond donors (Lipinski definition) is 1. The summed E-state index contributed by atoms with van der Waals surface area (Å²) in [5, 5.41) is 9.07. The molecule has 2 rings (SSSR count). The lowest BCUT2D eigenvalue weighted by molar-refractivity contribution is -0.142. The van der Waals surface area contributed by atoms with E-state index in [1.165, 1.54) is 23.1 Å². The number of rotatable bonds is 4. The molecule has 0 aromatic heterocycles. The van der Waals surface area contributed by atoms with Crippen LogP contribution in [-0.4, -0.2) is 41.1 Å². The van der Waals surface area contributed by atoms with E-state index in [0.29, 0.717) is 6.42 Å². The minimum Gasteiger partial charge on any atom is -0.481 e. The van der Waals surface area contributed by atoms with Crippen LogP contribution in [-0.2, 0) is 4.79 Å². The number of amides is 1. The number of likely N-dealkylation sites (tertiary alicyclic amines) is 1. The van der Waals surface area contributed by atoms with Crippen LogP contribution in [0.3, 0.4) is 0 Å². The number of ether oxygens (including phenoxy) is 1. The van der Waals surface area contributed by atoms with Crippen LogP contribution in [0.5, 0.6) is 5.75 Å². The molecule has 5 nitrogen and oxygen atoms in total. The average Bonchev–Trinajstić information content (AvgIpc) is 2.80. The van der Waals surface area contributed by atoms with E-state index < -0.39 is 30.4 Å². The second-order valence-electron chi connectivity index (χ2n) is 4.85. The predicted molar refractivity (Wildman–Crippen MR) is 69.3 cm³/mol. The highest BCUT2D eigenvalue weighted by Gasteiger charge is 2.39. The number of carbonyl (C=O) groups excluding carboxylic acids is 1. The lowest BCUT2D eigenvalue weighted by atomic mass is 10.0. The number of nitrogens with zero attached hydrogens (tertiary/aromatic N) is 1. The molecule has 1 aromatic carbocycles. The second kappa shape index (κ2) is 6.07. The number of carboxylic acids is 1. The van der Waals surface area contributed by atoms with Crippen LogP contribution in [0.2, 0.25) is 0 Å². The van der Waals surface area contributed by atoms with Crippen molar-refractivity contribution >= 4 is 11.9 Å². The van der Waals surface area contributed by atoms with Crippen LogP contribution < -0.4 is 4.74 Å². The van der Waals surface area contributed by atoms with Crippen molar-refractivity contribution in [1.82, 2.24) is 4.90 Å². The van der Waals surface area contributed by atoms with Crippen LogP contribution in [0.15, 0.2) is 24.3 Å². The molecular formula is C14H15F2NO4. The average molecular weight is 299 g/mol. The number of carboxylic acid groups (broad SMARTS) is 1. The van der Waals surface area contributed by atoms with Gasteiger partial charge in [-0.1, -0.05) is 12.1 Å². The van der Waals surface area contributed by atoms with E-state index in [1.807, 2.05) is 0 Å². The van der Waals surface area contributed by atoms with Crippen LogP contribution >= 0.6 is 0 Å². The van der Waals surface area contributed by atoms with Gasteiger partial charge in [-0.3, -0.25) is 9.59 Å². The Hall–Kier alpha value is -2.18. The highest BCUT2D eigenvalue weighted by molar-refractivity contribution is 5.97. The van der Waals surface area contributed by atoms with Gasteiger partial charge >= 0.3 is 12.6 Å². The van der Waals surface area contributed by atoms with Crippen molar-refractivity contribution in [2.75, 3.05) is 6.54 Å². The fourth-order valence-corrected chi connectivity index (χ4v) is 2.55. The minimum atomic E-state index is -3.03. The second-order valence-corrected chi connectivity index (χ2v) is 4.85. The van der Waals surface area contributed by atoms with E-state index in [9.17, 15) is 18.4 Å². The van der Waals surface area contributed by atoms with Gasteiger partial charge in [0.15, 0.2) is 0 Å². The summed E-state index contributed by atoms with van der Waals surface area (Å²) in [6, 6.07) is 5.22. The Labute approximate surface area is 120 Å². The topological polar surface area (TPSA) is 66.8 Å². The zero-order valence-corrected chi connectivity index (χ0v) is 11.3. The maximum Gasteiger partial charge on any atom is 0.387 e. The Morgan fingerprint density at radius 1 is 1.38 bits per heavy atom. The molecule has 0 aliphatic carbocycles. The van der Waals surface area contributed by atoms with Gasteiger partial charge in [0.25, 0.3) is 5.91 Å². The van der Waals surface area contributed by atoms with Crippen molar-refractivity contribution in [3.05, 3.63) is 29.8 Å². The molecule has 0 bridgehead atoms. The lowest BCUT2D eigenvalue weighted by Crippen LogP contribution is -2.37. The van der Waals surface area contributed by atoms with Gasteiger partial charge in [-0.15, -0.1) is 0 Å². The fourth-order valence-electron chi connectivity index (χ4n) is 2.55. The van der Waals surface area contributed by atoms with Crippen molar-refractivity contribution in [1.29, 1.82) is 0 Å². The van der Waals surface area contributed by atoms with Crippen LogP contribution in [0.4, 0.5) is 8.78 Å². The van der Waals surface area contributed by atoms with Gasteiger partial charge in [0.2, 0.25) is 0 Å². The van der Waals surface area contributed by atoms with Gasteiger partial charge < -0.3 is 14.7 Å². The first-order valence-corrected chi connectivity index (χ1v) is 6.49. The van der Waals surface area contributed by atoms with E-state index in [4.69, 9.17) is 5.11 Å². The molecule has 1 N–H and O–H groups in total. The molecule has 1 heterocycles. The SMILES string of the molecule is CC1C(C(=O)O)CCN1C(=O)c1ccccc1OC(F)F. The molecule has 1 saturated heterocycles. The molecule has 2 atom stereocenters. The number of carbonyl (C=O) groups is 2. The molecule has 0 saturated carbocycles. The monoisotopic (exact) mass is 299 g/mol. The third-order valence-electron chi connectivity index (χ3n) is 3.67. The molecule has 1 aliphatic rings. The van der Waals surface area contributed by atoms with E-state index >= 15 is 0 Å². The Bertz CT molecular complexity index is 550. The summed E-state index contributed by atoms with van der Waals surface area (Å²) >= 11 is 0. The minimum absolute atomic E-state index is 0.00990. The molecule has 7 heteroatoms. The van der Waals surface area contributed by atoms with Gasteiger partial charge in [-0.2, -0.15) is 8.78 Å². The van der Waals surface area contributed by atoms with E-state index in [0.717, 1.165) is 0 Å². The summed E-state index contributed by atoms with van der Waals surface area (Å²) in [5.41, 5.74) is 0.00990. The number of halogens is 2. The van der Waals surface area contributed by atoms with Crippen molar-refractivity contribution < 1.29 is 28.2 Å². The highest BCUT2D eigenvalue weighted by Crippen LogP contribution is 2.29. The number of aliphatic carboxylic acids is 1. The third-order valence-corrected chi connectivity index (χ3v) is 3.67. The summed E-state index contributed by atoms with van der Waals surface area (Å²) in [6.07, 6.45) is 0.347. The Kier molecular flexibility index (Phi) is 4.40. The van der Waals surface area contributed by atoms with Gasteiger partial charge in [0, 0.05) is 12.6 Å². The summed E-state index contributed by atoms with van der Waals surface area (Å²) < 4.78 is 29.1. The Morgan fingerprint density at radius 2 is 2.05 bits per heavy atom. The molecule has 2 unspecified atom stereocenters. The first-order chi connectivity index (χ1) is 9.91. The number of benzene rings is 1. The smallest absolute Gasteiger partial charge is 0.387 e. The molecule has 1 amide bonds. The lowest BCUT2D eigenvalue weighted by Gasteiger charge is -2.24. The van der Waals surface area contributed by atoms with Crippen LogP contribution in [0.1, 0.15) is 23.7 Å². The summed E-state index contributed by atoms with van der Waals surface area (Å²) in [5.74, 6) is -2.31. The molecule has 1 aromatic rings. The molecule has 0 radical (unpaired) electrons. The third kappa shape index (κ3) is 3.12. The normalized spacial score (nSPS) is 21.6. The maximum absolute atomic E-state index is 12.4. The molecule has 1 aliphatic heterocycles. The van der Waals surface area contributed by atoms with Gasteiger partial charge in [-0.25, -0.2) is 0 Å². The predicted octanol–water partition coefficient (Wildman–Crippen LogP) is 2.22. The summed E-state index contributed by atoms with van der Waals surface area (Å²) in [4.78, 5) is 24.9. The van der Waals surface area contributed by atoms with E-state index in [-0.39, 0.29) is 17.9 Å². The Morgan fingerprint density at radius 3 is 2.62 bits per heavy atom. The molecule has 1 fully saturated rings. The van der Waals surface area contributed by atoms with E-state index in [1.54, 1.807) is 13.0 Å². The number of para-hydroxylation sites is 1. The quantitative estimate of drug-likeness (QED) is 0.925. The summed E-state index contributed by atoms with van der Waals surface area (Å²) in [7, 11) is 0. The summed E-state index contributed by atoms with van der Waals surface area (Å²) in [6.45, 7) is -1.11. The number of alkyl halides is 2. The van der Waals surface area contributed by atoms with Crippen molar-refractivity contribution in [3.63, 3.8) is 0 Å². The zero-order chi connectivity index (χ0) is 15.6. The molecule has 21 heavy (non-hydrogen) atoms. The van der Waals surface area contributed by atoms with Crippen molar-refractivity contribution in [2.45, 2.75) is 26.0 Å². The first-order valence-electron chi connectivity index (χ1n) is 6.49. The van der Waals surface area contributed by atoms with Crippen LogP contribution in [0, 0.1) is 5.92 Å². The Balaban J connectivity index is 2.23. The largest absolute Gasteiger partial charge is 0.481 e. The first kappa shape index (κ1) is 15.2. The van der Waals surface area contributed by atoms with Crippen molar-refractivity contribution in [2.24, 2.45) is 5.92 Å². The fraction of sp³-hybridized carbons (Fsp3) is 0.429. The van der Waals surface area contributed by atoms with Gasteiger partial charge in [-0.05, 0) is 25.5 Å².